The van der Waals surface area contributed by atoms with Crippen molar-refractivity contribution >= 4 is 0 Å². The van der Waals surface area contributed by atoms with Gasteiger partial charge < -0.3 is 29.8 Å². The molecule has 7 heteroatoms. The first-order valence-corrected chi connectivity index (χ1v) is 7.75. The highest BCUT2D eigenvalue weighted by molar-refractivity contribution is 5.64. The molecule has 0 unspecified atom stereocenters. The standard InChI is InChI=1S/C19H18N2O5/c1-23-14-7-6-12(17(24-2)18(14)25-3)16-11-5-4-10(22)8-15(11)26-19(21)13(16)9-20/h4-8,16,22H,21H2,1-3H3/t16-/m1/s1. The molecule has 2 aromatic rings. The van der Waals surface area contributed by atoms with Crippen molar-refractivity contribution in [2.45, 2.75) is 5.92 Å². The van der Waals surface area contributed by atoms with E-state index < -0.39 is 5.92 Å². The van der Waals surface area contributed by atoms with Crippen LogP contribution in [0.15, 0.2) is 41.8 Å². The summed E-state index contributed by atoms with van der Waals surface area (Å²) < 4.78 is 21.8. The Labute approximate surface area is 150 Å². The Morgan fingerprint density at radius 2 is 1.73 bits per heavy atom. The van der Waals surface area contributed by atoms with E-state index in [-0.39, 0.29) is 17.2 Å². The Bertz CT molecular complexity index is 930. The number of phenolic OH excluding ortho intramolecular Hbond substituents is 1. The van der Waals surface area contributed by atoms with Crippen LogP contribution in [0, 0.1) is 11.3 Å². The second-order valence-electron chi connectivity index (χ2n) is 5.57. The summed E-state index contributed by atoms with van der Waals surface area (Å²) in [6, 6.07) is 10.3. The zero-order valence-corrected chi connectivity index (χ0v) is 14.6. The van der Waals surface area contributed by atoms with Gasteiger partial charge >= 0.3 is 0 Å². The molecule has 0 radical (unpaired) electrons. The first-order chi connectivity index (χ1) is 12.5. The second-order valence-corrected chi connectivity index (χ2v) is 5.57. The minimum absolute atomic E-state index is 0.0209. The number of hydrogen-bond acceptors (Lipinski definition) is 7. The lowest BCUT2D eigenvalue weighted by atomic mass is 9.83. The Morgan fingerprint density at radius 1 is 1.04 bits per heavy atom. The number of methoxy groups -OCH3 is 3. The molecular weight excluding hydrogens is 336 g/mol. The molecule has 2 aromatic carbocycles. The van der Waals surface area contributed by atoms with Crippen LogP contribution < -0.4 is 24.7 Å². The van der Waals surface area contributed by atoms with Crippen LogP contribution in [0.25, 0.3) is 0 Å². The van der Waals surface area contributed by atoms with Crippen LogP contribution in [0.3, 0.4) is 0 Å². The van der Waals surface area contributed by atoms with E-state index in [0.717, 1.165) is 0 Å². The minimum Gasteiger partial charge on any atom is -0.508 e. The predicted molar refractivity (Wildman–Crippen MR) is 93.5 cm³/mol. The SMILES string of the molecule is COc1ccc([C@@H]2C(C#N)=C(N)Oc3cc(O)ccc32)c(OC)c1OC. The number of nitrogens with two attached hydrogens (primary N) is 1. The molecule has 1 aliphatic rings. The average Bonchev–Trinajstić information content (AvgIpc) is 2.65. The van der Waals surface area contributed by atoms with E-state index in [9.17, 15) is 10.4 Å². The molecule has 1 atom stereocenters. The van der Waals surface area contributed by atoms with Gasteiger partial charge in [-0.3, -0.25) is 0 Å². The number of benzene rings is 2. The number of phenols is 1. The molecule has 3 N–H and O–H groups in total. The molecule has 0 saturated carbocycles. The number of aromatic hydroxyl groups is 1. The first kappa shape index (κ1) is 17.3. The van der Waals surface area contributed by atoms with Gasteiger partial charge in [-0.15, -0.1) is 0 Å². The molecule has 0 bridgehead atoms. The van der Waals surface area contributed by atoms with E-state index in [1.807, 2.05) is 0 Å². The minimum atomic E-state index is -0.542. The maximum Gasteiger partial charge on any atom is 0.205 e. The highest BCUT2D eigenvalue weighted by Crippen LogP contribution is 2.50. The molecule has 1 heterocycles. The molecule has 134 valence electrons. The van der Waals surface area contributed by atoms with Crippen LogP contribution in [0.4, 0.5) is 0 Å². The largest absolute Gasteiger partial charge is 0.508 e. The number of fused-ring (bicyclic) bond motifs is 1. The monoisotopic (exact) mass is 354 g/mol. The lowest BCUT2D eigenvalue weighted by Gasteiger charge is -2.28. The van der Waals surface area contributed by atoms with E-state index in [1.54, 1.807) is 18.2 Å². The molecular formula is C19H18N2O5. The first-order valence-electron chi connectivity index (χ1n) is 7.75. The van der Waals surface area contributed by atoms with Gasteiger partial charge in [-0.05, 0) is 12.1 Å². The normalized spacial score (nSPS) is 15.5. The fourth-order valence-corrected chi connectivity index (χ4v) is 3.12. The lowest BCUT2D eigenvalue weighted by Crippen LogP contribution is -2.21. The van der Waals surface area contributed by atoms with E-state index in [2.05, 4.69) is 6.07 Å². The maximum atomic E-state index is 9.74. The number of hydrogen-bond donors (Lipinski definition) is 2. The number of rotatable bonds is 4. The van der Waals surface area contributed by atoms with Crippen LogP contribution in [-0.4, -0.2) is 26.4 Å². The summed E-state index contributed by atoms with van der Waals surface area (Å²) in [6.07, 6.45) is 0. The van der Waals surface area contributed by atoms with Gasteiger partial charge in [-0.2, -0.15) is 5.26 Å². The quantitative estimate of drug-likeness (QED) is 0.869. The predicted octanol–water partition coefficient (Wildman–Crippen LogP) is 2.64. The summed E-state index contributed by atoms with van der Waals surface area (Å²) in [5.74, 6) is 1.19. The van der Waals surface area contributed by atoms with Crippen LogP contribution in [0.1, 0.15) is 17.0 Å². The average molecular weight is 354 g/mol. The van der Waals surface area contributed by atoms with E-state index in [4.69, 9.17) is 24.7 Å². The highest BCUT2D eigenvalue weighted by atomic mass is 16.5. The molecule has 0 spiro atoms. The van der Waals surface area contributed by atoms with E-state index >= 15 is 0 Å². The fourth-order valence-electron chi connectivity index (χ4n) is 3.12. The molecule has 0 amide bonds. The van der Waals surface area contributed by atoms with Crippen molar-refractivity contribution in [3.05, 3.63) is 52.9 Å². The zero-order valence-electron chi connectivity index (χ0n) is 14.6. The van der Waals surface area contributed by atoms with Crippen molar-refractivity contribution in [2.75, 3.05) is 21.3 Å². The van der Waals surface area contributed by atoms with Gasteiger partial charge in [0.15, 0.2) is 11.5 Å². The number of nitriles is 1. The van der Waals surface area contributed by atoms with Gasteiger partial charge in [0.2, 0.25) is 11.6 Å². The summed E-state index contributed by atoms with van der Waals surface area (Å²) in [4.78, 5) is 0. The van der Waals surface area contributed by atoms with Gasteiger partial charge in [0.1, 0.15) is 23.1 Å². The third-order valence-electron chi connectivity index (χ3n) is 4.25. The molecule has 26 heavy (non-hydrogen) atoms. The summed E-state index contributed by atoms with van der Waals surface area (Å²) >= 11 is 0. The summed E-state index contributed by atoms with van der Waals surface area (Å²) in [5.41, 5.74) is 7.55. The highest BCUT2D eigenvalue weighted by Gasteiger charge is 2.34. The van der Waals surface area contributed by atoms with Gasteiger partial charge in [0, 0.05) is 17.2 Å². The van der Waals surface area contributed by atoms with Crippen LogP contribution in [0.2, 0.25) is 0 Å². The molecule has 0 fully saturated rings. The van der Waals surface area contributed by atoms with Gasteiger partial charge in [0.25, 0.3) is 0 Å². The zero-order chi connectivity index (χ0) is 18.8. The summed E-state index contributed by atoms with van der Waals surface area (Å²) in [5, 5.41) is 19.4. The van der Waals surface area contributed by atoms with Gasteiger partial charge in [-0.1, -0.05) is 12.1 Å². The number of ether oxygens (including phenoxy) is 4. The third-order valence-corrected chi connectivity index (χ3v) is 4.25. The van der Waals surface area contributed by atoms with Crippen molar-refractivity contribution in [2.24, 2.45) is 5.73 Å². The third kappa shape index (κ3) is 2.62. The Morgan fingerprint density at radius 3 is 2.35 bits per heavy atom. The molecule has 0 aromatic heterocycles. The number of allylic oxidation sites excluding steroid dienone is 1. The molecule has 7 nitrogen and oxygen atoms in total. The summed E-state index contributed by atoms with van der Waals surface area (Å²) in [6.45, 7) is 0. The molecule has 3 rings (SSSR count). The van der Waals surface area contributed by atoms with E-state index in [0.29, 0.717) is 34.1 Å². The molecule has 0 saturated heterocycles. The number of nitrogens with zero attached hydrogens (tertiary/aromatic N) is 1. The molecule has 0 aliphatic carbocycles. The summed E-state index contributed by atoms with van der Waals surface area (Å²) in [7, 11) is 4.55. The van der Waals surface area contributed by atoms with Crippen LogP contribution >= 0.6 is 0 Å². The van der Waals surface area contributed by atoms with E-state index in [1.165, 1.54) is 33.5 Å². The smallest absolute Gasteiger partial charge is 0.205 e. The van der Waals surface area contributed by atoms with Crippen molar-refractivity contribution in [1.29, 1.82) is 5.26 Å². The lowest BCUT2D eigenvalue weighted by molar-refractivity contribution is 0.321. The molecule has 1 aliphatic heterocycles. The Balaban J connectivity index is 2.30. The van der Waals surface area contributed by atoms with Crippen molar-refractivity contribution in [3.63, 3.8) is 0 Å². The topological polar surface area (TPSA) is 107 Å². The van der Waals surface area contributed by atoms with Crippen molar-refractivity contribution in [1.82, 2.24) is 0 Å². The van der Waals surface area contributed by atoms with Gasteiger partial charge in [-0.25, -0.2) is 0 Å². The Hall–Kier alpha value is -3.53. The Kier molecular flexibility index (Phi) is 4.50. The second kappa shape index (κ2) is 6.76. The van der Waals surface area contributed by atoms with Crippen molar-refractivity contribution < 1.29 is 24.1 Å². The van der Waals surface area contributed by atoms with Gasteiger partial charge in [0.05, 0.1) is 27.2 Å². The maximum absolute atomic E-state index is 9.74. The fraction of sp³-hybridized carbons (Fsp3) is 0.211. The van der Waals surface area contributed by atoms with Crippen molar-refractivity contribution in [3.8, 4) is 34.8 Å². The van der Waals surface area contributed by atoms with Crippen LogP contribution in [-0.2, 0) is 0 Å². The van der Waals surface area contributed by atoms with Crippen LogP contribution in [0.5, 0.6) is 28.7 Å².